The van der Waals surface area contributed by atoms with E-state index in [9.17, 15) is 4.79 Å². The first kappa shape index (κ1) is 16.9. The standard InChI is InChI=1S/C17H26N2O3/c1-13(11-22-12-14-5-3-2-4-6-14)19-17(20)16(18)15-7-9-21-10-8-15/h2-6,13,15-16H,7-12,18H2,1H3,(H,19,20). The van der Waals surface area contributed by atoms with E-state index in [1.54, 1.807) is 0 Å². The summed E-state index contributed by atoms with van der Waals surface area (Å²) in [4.78, 5) is 12.2. The lowest BCUT2D eigenvalue weighted by Gasteiger charge is -2.27. The van der Waals surface area contributed by atoms with E-state index in [0.29, 0.717) is 26.4 Å². The van der Waals surface area contributed by atoms with Gasteiger partial charge in [0.05, 0.1) is 19.3 Å². The topological polar surface area (TPSA) is 73.6 Å². The van der Waals surface area contributed by atoms with E-state index in [1.165, 1.54) is 0 Å². The van der Waals surface area contributed by atoms with Gasteiger partial charge in [0.1, 0.15) is 0 Å². The third-order valence-electron chi connectivity index (χ3n) is 3.94. The minimum atomic E-state index is -0.458. The van der Waals surface area contributed by atoms with Gasteiger partial charge < -0.3 is 20.5 Å². The molecule has 5 nitrogen and oxygen atoms in total. The van der Waals surface area contributed by atoms with Crippen molar-refractivity contribution in [2.45, 2.75) is 38.5 Å². The Bertz CT molecular complexity index is 446. The maximum atomic E-state index is 12.2. The Morgan fingerprint density at radius 2 is 2.05 bits per heavy atom. The lowest BCUT2D eigenvalue weighted by molar-refractivity contribution is -0.125. The maximum absolute atomic E-state index is 12.2. The molecule has 1 heterocycles. The number of amides is 1. The second-order valence-corrected chi connectivity index (χ2v) is 5.89. The Labute approximate surface area is 132 Å². The van der Waals surface area contributed by atoms with Gasteiger partial charge in [-0.15, -0.1) is 0 Å². The van der Waals surface area contributed by atoms with Crippen molar-refractivity contribution in [1.82, 2.24) is 5.32 Å². The first-order valence-corrected chi connectivity index (χ1v) is 7.92. The Hall–Kier alpha value is -1.43. The quantitative estimate of drug-likeness (QED) is 0.800. The first-order valence-electron chi connectivity index (χ1n) is 7.92. The molecule has 122 valence electrons. The summed E-state index contributed by atoms with van der Waals surface area (Å²) < 4.78 is 10.9. The molecular formula is C17H26N2O3. The van der Waals surface area contributed by atoms with E-state index in [0.717, 1.165) is 18.4 Å². The molecule has 0 radical (unpaired) electrons. The molecule has 1 aliphatic rings. The molecule has 1 amide bonds. The summed E-state index contributed by atoms with van der Waals surface area (Å²) in [7, 11) is 0. The zero-order valence-electron chi connectivity index (χ0n) is 13.2. The molecule has 22 heavy (non-hydrogen) atoms. The Morgan fingerprint density at radius 3 is 2.73 bits per heavy atom. The molecule has 0 aromatic heterocycles. The fourth-order valence-corrected chi connectivity index (χ4v) is 2.60. The SMILES string of the molecule is CC(COCc1ccccc1)NC(=O)C(N)C1CCOCC1. The molecule has 1 aromatic carbocycles. The Kier molecular flexibility index (Phi) is 6.83. The summed E-state index contributed by atoms with van der Waals surface area (Å²) in [5, 5.41) is 2.93. The third kappa shape index (κ3) is 5.40. The van der Waals surface area contributed by atoms with Crippen LogP contribution in [0.4, 0.5) is 0 Å². The normalized spacial score (nSPS) is 18.6. The zero-order valence-corrected chi connectivity index (χ0v) is 13.2. The van der Waals surface area contributed by atoms with Crippen LogP contribution in [0.5, 0.6) is 0 Å². The number of hydrogen-bond donors (Lipinski definition) is 2. The molecule has 5 heteroatoms. The van der Waals surface area contributed by atoms with Crippen molar-refractivity contribution in [2.24, 2.45) is 11.7 Å². The number of benzene rings is 1. The van der Waals surface area contributed by atoms with Crippen LogP contribution < -0.4 is 11.1 Å². The number of ether oxygens (including phenoxy) is 2. The molecule has 1 aliphatic heterocycles. The Balaban J connectivity index is 1.67. The van der Waals surface area contributed by atoms with Crippen LogP contribution in [-0.2, 0) is 20.9 Å². The van der Waals surface area contributed by atoms with Gasteiger partial charge in [0, 0.05) is 19.3 Å². The van der Waals surface area contributed by atoms with E-state index in [1.807, 2.05) is 37.3 Å². The minimum Gasteiger partial charge on any atom is -0.381 e. The van der Waals surface area contributed by atoms with E-state index in [2.05, 4.69) is 5.32 Å². The summed E-state index contributed by atoms with van der Waals surface area (Å²) in [5.41, 5.74) is 7.18. The molecule has 0 spiro atoms. The molecule has 0 saturated carbocycles. The highest BCUT2D eigenvalue weighted by Gasteiger charge is 2.27. The second-order valence-electron chi connectivity index (χ2n) is 5.89. The van der Waals surface area contributed by atoms with Crippen LogP contribution in [0.2, 0.25) is 0 Å². The predicted octanol–water partition coefficient (Wildman–Crippen LogP) is 1.46. The van der Waals surface area contributed by atoms with Crippen LogP contribution in [0.1, 0.15) is 25.3 Å². The lowest BCUT2D eigenvalue weighted by Crippen LogP contribution is -2.50. The molecular weight excluding hydrogens is 280 g/mol. The van der Waals surface area contributed by atoms with E-state index in [-0.39, 0.29) is 17.9 Å². The second kappa shape index (κ2) is 8.88. The highest BCUT2D eigenvalue weighted by atomic mass is 16.5. The van der Waals surface area contributed by atoms with Gasteiger partial charge in [0.2, 0.25) is 5.91 Å². The number of carbonyl (C=O) groups excluding carboxylic acids is 1. The third-order valence-corrected chi connectivity index (χ3v) is 3.94. The zero-order chi connectivity index (χ0) is 15.8. The molecule has 0 aliphatic carbocycles. The molecule has 2 rings (SSSR count). The van der Waals surface area contributed by atoms with Crippen molar-refractivity contribution in [2.75, 3.05) is 19.8 Å². The van der Waals surface area contributed by atoms with Crippen LogP contribution in [0, 0.1) is 5.92 Å². The summed E-state index contributed by atoms with van der Waals surface area (Å²) in [6.07, 6.45) is 1.71. The number of rotatable bonds is 7. The van der Waals surface area contributed by atoms with Gasteiger partial charge in [-0.25, -0.2) is 0 Å². The molecule has 2 atom stereocenters. The number of carbonyl (C=O) groups is 1. The van der Waals surface area contributed by atoms with Crippen molar-refractivity contribution in [3.8, 4) is 0 Å². The van der Waals surface area contributed by atoms with Crippen molar-refractivity contribution in [3.63, 3.8) is 0 Å². The van der Waals surface area contributed by atoms with Crippen molar-refractivity contribution in [1.29, 1.82) is 0 Å². The van der Waals surface area contributed by atoms with Crippen LogP contribution in [0.3, 0.4) is 0 Å². The molecule has 1 saturated heterocycles. The van der Waals surface area contributed by atoms with Gasteiger partial charge in [-0.2, -0.15) is 0 Å². The van der Waals surface area contributed by atoms with Crippen LogP contribution in [0.25, 0.3) is 0 Å². The van der Waals surface area contributed by atoms with Crippen LogP contribution in [0.15, 0.2) is 30.3 Å². The predicted molar refractivity (Wildman–Crippen MR) is 85.2 cm³/mol. The average molecular weight is 306 g/mol. The van der Waals surface area contributed by atoms with Gasteiger partial charge in [-0.05, 0) is 31.2 Å². The highest BCUT2D eigenvalue weighted by molar-refractivity contribution is 5.82. The monoisotopic (exact) mass is 306 g/mol. The maximum Gasteiger partial charge on any atom is 0.237 e. The summed E-state index contributed by atoms with van der Waals surface area (Å²) in [6.45, 7) is 4.34. The highest BCUT2D eigenvalue weighted by Crippen LogP contribution is 2.17. The van der Waals surface area contributed by atoms with E-state index in [4.69, 9.17) is 15.2 Å². The number of hydrogen-bond acceptors (Lipinski definition) is 4. The van der Waals surface area contributed by atoms with E-state index >= 15 is 0 Å². The molecule has 1 aromatic rings. The van der Waals surface area contributed by atoms with Gasteiger partial charge >= 0.3 is 0 Å². The minimum absolute atomic E-state index is 0.0536. The van der Waals surface area contributed by atoms with Crippen LogP contribution in [-0.4, -0.2) is 37.8 Å². The molecule has 2 unspecified atom stereocenters. The average Bonchev–Trinajstić information content (AvgIpc) is 2.56. The number of nitrogens with two attached hydrogens (primary N) is 1. The fourth-order valence-electron chi connectivity index (χ4n) is 2.60. The van der Waals surface area contributed by atoms with Crippen molar-refractivity contribution < 1.29 is 14.3 Å². The van der Waals surface area contributed by atoms with Gasteiger partial charge in [-0.1, -0.05) is 30.3 Å². The van der Waals surface area contributed by atoms with Gasteiger partial charge in [0.25, 0.3) is 0 Å². The molecule has 3 N–H and O–H groups in total. The van der Waals surface area contributed by atoms with Gasteiger partial charge in [-0.3, -0.25) is 4.79 Å². The summed E-state index contributed by atoms with van der Waals surface area (Å²) in [5.74, 6) is 0.119. The van der Waals surface area contributed by atoms with Crippen molar-refractivity contribution in [3.05, 3.63) is 35.9 Å². The van der Waals surface area contributed by atoms with Crippen LogP contribution >= 0.6 is 0 Å². The molecule has 1 fully saturated rings. The van der Waals surface area contributed by atoms with E-state index < -0.39 is 6.04 Å². The van der Waals surface area contributed by atoms with Crippen molar-refractivity contribution >= 4 is 5.91 Å². The van der Waals surface area contributed by atoms with Gasteiger partial charge in [0.15, 0.2) is 0 Å². The number of nitrogens with one attached hydrogen (secondary N) is 1. The molecule has 0 bridgehead atoms. The Morgan fingerprint density at radius 1 is 1.36 bits per heavy atom. The lowest BCUT2D eigenvalue weighted by atomic mass is 9.92. The smallest absolute Gasteiger partial charge is 0.237 e. The largest absolute Gasteiger partial charge is 0.381 e. The summed E-state index contributed by atoms with van der Waals surface area (Å²) >= 11 is 0. The summed E-state index contributed by atoms with van der Waals surface area (Å²) in [6, 6.07) is 9.47. The fraction of sp³-hybridized carbons (Fsp3) is 0.588. The first-order chi connectivity index (χ1) is 10.7.